The first-order valence-corrected chi connectivity index (χ1v) is 12.9. The van der Waals surface area contributed by atoms with Crippen molar-refractivity contribution in [3.63, 3.8) is 0 Å². The molecule has 1 unspecified atom stereocenters. The zero-order valence-corrected chi connectivity index (χ0v) is 22.9. The third-order valence-corrected chi connectivity index (χ3v) is 6.23. The highest BCUT2D eigenvalue weighted by Gasteiger charge is 2.25. The van der Waals surface area contributed by atoms with Crippen LogP contribution in [-0.2, 0) is 0 Å². The Hall–Kier alpha value is -4.43. The summed E-state index contributed by atoms with van der Waals surface area (Å²) in [5, 5.41) is 3.58. The third kappa shape index (κ3) is 7.78. The first-order valence-electron chi connectivity index (χ1n) is 12.9. The van der Waals surface area contributed by atoms with Crippen molar-refractivity contribution in [3.05, 3.63) is 108 Å². The van der Waals surface area contributed by atoms with Crippen LogP contribution in [0.2, 0.25) is 0 Å². The second-order valence-corrected chi connectivity index (χ2v) is 9.55. The minimum Gasteiger partial charge on any atom is -0.492 e. The van der Waals surface area contributed by atoms with Crippen LogP contribution in [0.4, 0.5) is 16.3 Å². The number of anilines is 2. The standard InChI is InChI=1S/C31H35N5O3/c1-23-9-8-10-24(2)30(23)39-31(37)36(29-17-18-32-22-33-29)21-28(25-11-6-5-7-12-25)34-26-13-15-27(16-14-26)38-20-19-35(3)4/h5-18,22,28,34H,19-21H2,1-4H3. The molecule has 1 aromatic heterocycles. The van der Waals surface area contributed by atoms with E-state index in [0.29, 0.717) is 18.2 Å². The largest absolute Gasteiger partial charge is 0.492 e. The van der Waals surface area contributed by atoms with Gasteiger partial charge >= 0.3 is 6.09 Å². The van der Waals surface area contributed by atoms with Gasteiger partial charge in [0.05, 0.1) is 12.6 Å². The minimum atomic E-state index is -0.515. The van der Waals surface area contributed by atoms with Gasteiger partial charge in [-0.3, -0.25) is 4.90 Å². The van der Waals surface area contributed by atoms with Crippen LogP contribution < -0.4 is 19.7 Å². The summed E-state index contributed by atoms with van der Waals surface area (Å²) in [6.45, 7) is 5.57. The van der Waals surface area contributed by atoms with Crippen LogP contribution in [0.3, 0.4) is 0 Å². The van der Waals surface area contributed by atoms with E-state index in [-0.39, 0.29) is 12.6 Å². The van der Waals surface area contributed by atoms with Gasteiger partial charge in [-0.15, -0.1) is 0 Å². The van der Waals surface area contributed by atoms with Crippen LogP contribution in [0.5, 0.6) is 11.5 Å². The summed E-state index contributed by atoms with van der Waals surface area (Å²) in [6, 6.07) is 25.1. The van der Waals surface area contributed by atoms with E-state index < -0.39 is 6.09 Å². The normalized spacial score (nSPS) is 11.6. The molecule has 0 aliphatic rings. The first kappa shape index (κ1) is 27.6. The molecule has 1 heterocycles. The van der Waals surface area contributed by atoms with Crippen molar-refractivity contribution in [1.82, 2.24) is 14.9 Å². The van der Waals surface area contributed by atoms with Crippen molar-refractivity contribution >= 4 is 17.6 Å². The monoisotopic (exact) mass is 525 g/mol. The maximum atomic E-state index is 13.6. The predicted octanol–water partition coefficient (Wildman–Crippen LogP) is 5.89. The van der Waals surface area contributed by atoms with Crippen molar-refractivity contribution in [2.24, 2.45) is 0 Å². The van der Waals surface area contributed by atoms with Crippen LogP contribution in [0, 0.1) is 13.8 Å². The first-order chi connectivity index (χ1) is 18.9. The number of aryl methyl sites for hydroxylation is 2. The Bertz CT molecular complexity index is 1310. The fourth-order valence-corrected chi connectivity index (χ4v) is 4.10. The number of hydrogen-bond donors (Lipinski definition) is 1. The number of carbonyl (C=O) groups is 1. The lowest BCUT2D eigenvalue weighted by molar-refractivity contribution is 0.206. The number of carbonyl (C=O) groups excluding carboxylic acids is 1. The van der Waals surface area contributed by atoms with E-state index in [0.717, 1.165) is 34.7 Å². The Labute approximate surface area is 230 Å². The molecule has 4 rings (SSSR count). The van der Waals surface area contributed by atoms with Crippen molar-refractivity contribution in [1.29, 1.82) is 0 Å². The van der Waals surface area contributed by atoms with Crippen LogP contribution in [0.15, 0.2) is 91.4 Å². The molecule has 3 aromatic carbocycles. The molecule has 1 N–H and O–H groups in total. The number of nitrogens with zero attached hydrogens (tertiary/aromatic N) is 4. The van der Waals surface area contributed by atoms with Crippen molar-refractivity contribution in [2.75, 3.05) is 44.0 Å². The zero-order chi connectivity index (χ0) is 27.6. The van der Waals surface area contributed by atoms with Crippen LogP contribution in [-0.4, -0.2) is 54.8 Å². The topological polar surface area (TPSA) is 79.8 Å². The molecule has 0 spiro atoms. The Balaban J connectivity index is 1.58. The molecule has 8 nitrogen and oxygen atoms in total. The van der Waals surface area contributed by atoms with Crippen LogP contribution in [0.1, 0.15) is 22.7 Å². The molecule has 4 aromatic rings. The predicted molar refractivity (Wildman–Crippen MR) is 155 cm³/mol. The fraction of sp³-hybridized carbons (Fsp3) is 0.258. The summed E-state index contributed by atoms with van der Waals surface area (Å²) >= 11 is 0. The average Bonchev–Trinajstić information content (AvgIpc) is 2.94. The highest BCUT2D eigenvalue weighted by Crippen LogP contribution is 2.27. The van der Waals surface area contributed by atoms with E-state index in [2.05, 4.69) is 20.2 Å². The SMILES string of the molecule is Cc1cccc(C)c1OC(=O)N(CC(Nc1ccc(OCCN(C)C)cc1)c1ccccc1)c1ccncn1. The molecule has 0 bridgehead atoms. The van der Waals surface area contributed by atoms with Gasteiger partial charge in [-0.05, 0) is 75.0 Å². The van der Waals surface area contributed by atoms with Crippen molar-refractivity contribution in [3.8, 4) is 11.5 Å². The highest BCUT2D eigenvalue weighted by atomic mass is 16.6. The van der Waals surface area contributed by atoms with Gasteiger partial charge in [0.1, 0.15) is 30.3 Å². The second-order valence-electron chi connectivity index (χ2n) is 9.55. The molecule has 39 heavy (non-hydrogen) atoms. The lowest BCUT2D eigenvalue weighted by Crippen LogP contribution is -2.39. The number of benzene rings is 3. The van der Waals surface area contributed by atoms with Gasteiger partial charge in [0.15, 0.2) is 0 Å². The Morgan fingerprint density at radius 2 is 1.64 bits per heavy atom. The summed E-state index contributed by atoms with van der Waals surface area (Å²) in [5.41, 5.74) is 3.69. The Morgan fingerprint density at radius 1 is 0.923 bits per heavy atom. The second kappa shape index (κ2) is 13.4. The van der Waals surface area contributed by atoms with Gasteiger partial charge in [0, 0.05) is 18.4 Å². The summed E-state index contributed by atoms with van der Waals surface area (Å²) in [4.78, 5) is 25.6. The molecule has 0 saturated carbocycles. The van der Waals surface area contributed by atoms with E-state index in [9.17, 15) is 4.79 Å². The smallest absolute Gasteiger partial charge is 0.421 e. The summed E-state index contributed by atoms with van der Waals surface area (Å²) in [7, 11) is 4.03. The average molecular weight is 526 g/mol. The van der Waals surface area contributed by atoms with Crippen molar-refractivity contribution < 1.29 is 14.3 Å². The summed E-state index contributed by atoms with van der Waals surface area (Å²) in [6.07, 6.45) is 2.52. The highest BCUT2D eigenvalue weighted by molar-refractivity contribution is 5.88. The lowest BCUT2D eigenvalue weighted by Gasteiger charge is -2.28. The molecule has 1 amide bonds. The number of aromatic nitrogens is 2. The van der Waals surface area contributed by atoms with E-state index in [4.69, 9.17) is 9.47 Å². The van der Waals surface area contributed by atoms with E-state index in [1.54, 1.807) is 12.3 Å². The van der Waals surface area contributed by atoms with Gasteiger partial charge in [-0.2, -0.15) is 0 Å². The molecule has 1 atom stereocenters. The van der Waals surface area contributed by atoms with E-state index in [1.807, 2.05) is 101 Å². The third-order valence-electron chi connectivity index (χ3n) is 6.23. The number of rotatable bonds is 11. The van der Waals surface area contributed by atoms with Gasteiger partial charge < -0.3 is 19.7 Å². The van der Waals surface area contributed by atoms with Gasteiger partial charge in [0.25, 0.3) is 0 Å². The lowest BCUT2D eigenvalue weighted by atomic mass is 10.1. The molecule has 0 fully saturated rings. The Morgan fingerprint density at radius 3 is 2.28 bits per heavy atom. The quantitative estimate of drug-likeness (QED) is 0.261. The molecular weight excluding hydrogens is 490 g/mol. The number of amides is 1. The van der Waals surface area contributed by atoms with E-state index >= 15 is 0 Å². The van der Waals surface area contributed by atoms with Crippen molar-refractivity contribution in [2.45, 2.75) is 19.9 Å². The molecule has 0 saturated heterocycles. The van der Waals surface area contributed by atoms with Crippen LogP contribution >= 0.6 is 0 Å². The number of ether oxygens (including phenoxy) is 2. The maximum Gasteiger partial charge on any atom is 0.421 e. The summed E-state index contributed by atoms with van der Waals surface area (Å²) < 4.78 is 11.8. The van der Waals surface area contributed by atoms with E-state index in [1.165, 1.54) is 11.2 Å². The molecular formula is C31H35N5O3. The number of hydrogen-bond acceptors (Lipinski definition) is 7. The molecule has 8 heteroatoms. The number of nitrogens with one attached hydrogen (secondary N) is 1. The molecule has 0 aliphatic carbocycles. The maximum absolute atomic E-state index is 13.6. The van der Waals surface area contributed by atoms with Gasteiger partial charge in [0.2, 0.25) is 0 Å². The fourth-order valence-electron chi connectivity index (χ4n) is 4.10. The number of likely N-dealkylation sites (N-methyl/N-ethyl adjacent to an activating group) is 1. The van der Waals surface area contributed by atoms with Gasteiger partial charge in [-0.25, -0.2) is 14.8 Å². The molecule has 0 radical (unpaired) electrons. The number of para-hydroxylation sites is 1. The molecule has 202 valence electrons. The summed E-state index contributed by atoms with van der Waals surface area (Å²) in [5.74, 6) is 1.81. The molecule has 0 aliphatic heterocycles. The van der Waals surface area contributed by atoms with Crippen LogP contribution in [0.25, 0.3) is 0 Å². The minimum absolute atomic E-state index is 0.257. The van der Waals surface area contributed by atoms with Gasteiger partial charge in [-0.1, -0.05) is 48.5 Å². The Kier molecular flexibility index (Phi) is 9.48. The zero-order valence-electron chi connectivity index (χ0n) is 22.9.